The average Bonchev–Trinajstić information content (AvgIpc) is 2.93. The molecule has 2 aliphatic rings. The van der Waals surface area contributed by atoms with Gasteiger partial charge in [-0.3, -0.25) is 4.79 Å². The van der Waals surface area contributed by atoms with Gasteiger partial charge in [-0.25, -0.2) is 13.1 Å². The maximum Gasteiger partial charge on any atom is 0.240 e. The Bertz CT molecular complexity index is 762. The zero-order valence-corrected chi connectivity index (χ0v) is 18.2. The van der Waals surface area contributed by atoms with Gasteiger partial charge in [-0.1, -0.05) is 31.7 Å². The molecular formula is C20H32ClN3O3S. The molecule has 1 aromatic carbocycles. The molecule has 1 aromatic rings. The van der Waals surface area contributed by atoms with Gasteiger partial charge in [0.25, 0.3) is 0 Å². The van der Waals surface area contributed by atoms with Crippen LogP contribution in [0.1, 0.15) is 57.4 Å². The number of hydrogen-bond donors (Lipinski definition) is 2. The summed E-state index contributed by atoms with van der Waals surface area (Å²) in [5.74, 6) is -0.0499. The van der Waals surface area contributed by atoms with Crippen LogP contribution in [0.5, 0.6) is 0 Å². The molecule has 1 heterocycles. The lowest BCUT2D eigenvalue weighted by atomic mass is 10.0. The maximum atomic E-state index is 12.7. The van der Waals surface area contributed by atoms with E-state index in [4.69, 9.17) is 0 Å². The zero-order chi connectivity index (χ0) is 19.3. The number of halogens is 1. The molecule has 0 spiro atoms. The average molecular weight is 430 g/mol. The molecule has 8 heteroatoms. The van der Waals surface area contributed by atoms with Gasteiger partial charge in [0.15, 0.2) is 0 Å². The maximum absolute atomic E-state index is 12.7. The minimum absolute atomic E-state index is 0. The molecule has 0 radical (unpaired) electrons. The number of anilines is 1. The molecule has 1 aliphatic heterocycles. The first-order chi connectivity index (χ1) is 13.0. The van der Waals surface area contributed by atoms with E-state index in [-0.39, 0.29) is 23.2 Å². The number of rotatable bonds is 6. The van der Waals surface area contributed by atoms with Gasteiger partial charge in [-0.15, -0.1) is 12.4 Å². The summed E-state index contributed by atoms with van der Waals surface area (Å²) >= 11 is 0. The lowest BCUT2D eigenvalue weighted by molar-refractivity contribution is -0.116. The van der Waals surface area contributed by atoms with Crippen LogP contribution >= 0.6 is 12.4 Å². The molecule has 0 atom stereocenters. The van der Waals surface area contributed by atoms with Crippen LogP contribution in [-0.2, 0) is 21.2 Å². The highest BCUT2D eigenvalue weighted by Gasteiger charge is 2.23. The van der Waals surface area contributed by atoms with E-state index in [1.165, 1.54) is 45.4 Å². The van der Waals surface area contributed by atoms with Crippen LogP contribution in [0.15, 0.2) is 23.1 Å². The largest absolute Gasteiger partial charge is 0.313 e. The van der Waals surface area contributed by atoms with Crippen molar-refractivity contribution in [2.24, 2.45) is 0 Å². The Morgan fingerprint density at radius 3 is 2.50 bits per heavy atom. The third-order valence-corrected chi connectivity index (χ3v) is 7.03. The number of benzene rings is 1. The minimum Gasteiger partial charge on any atom is -0.313 e. The molecule has 2 N–H and O–H groups in total. The van der Waals surface area contributed by atoms with E-state index < -0.39 is 10.0 Å². The summed E-state index contributed by atoms with van der Waals surface area (Å²) in [7, 11) is -3.58. The molecule has 3 rings (SSSR count). The van der Waals surface area contributed by atoms with Crippen molar-refractivity contribution in [3.8, 4) is 0 Å². The summed E-state index contributed by atoms with van der Waals surface area (Å²) in [5.41, 5.74) is 1.76. The number of sulfonamides is 1. The van der Waals surface area contributed by atoms with Gasteiger partial charge in [0.1, 0.15) is 0 Å². The fraction of sp³-hybridized carbons (Fsp3) is 0.650. The van der Waals surface area contributed by atoms with E-state index in [0.29, 0.717) is 25.7 Å². The fourth-order valence-electron chi connectivity index (χ4n) is 4.08. The number of nitrogens with zero attached hydrogens (tertiary/aromatic N) is 1. The van der Waals surface area contributed by atoms with Crippen LogP contribution in [-0.4, -0.2) is 40.0 Å². The van der Waals surface area contributed by atoms with E-state index >= 15 is 0 Å². The van der Waals surface area contributed by atoms with Gasteiger partial charge in [0, 0.05) is 38.3 Å². The van der Waals surface area contributed by atoms with E-state index in [9.17, 15) is 13.2 Å². The van der Waals surface area contributed by atoms with Crippen molar-refractivity contribution < 1.29 is 13.2 Å². The van der Waals surface area contributed by atoms with E-state index in [0.717, 1.165) is 24.1 Å². The van der Waals surface area contributed by atoms with Crippen LogP contribution < -0.4 is 14.9 Å². The number of aryl methyl sites for hydroxylation is 1. The molecule has 1 saturated carbocycles. The Hall–Kier alpha value is -1.15. The van der Waals surface area contributed by atoms with Gasteiger partial charge >= 0.3 is 0 Å². The number of carbonyl (C=O) groups is 1. The van der Waals surface area contributed by atoms with Crippen molar-refractivity contribution in [3.63, 3.8) is 0 Å². The first-order valence-corrected chi connectivity index (χ1v) is 11.6. The van der Waals surface area contributed by atoms with Gasteiger partial charge in [-0.05, 0) is 43.4 Å². The Morgan fingerprint density at radius 2 is 1.82 bits per heavy atom. The normalized spacial score (nSPS) is 18.1. The molecule has 0 bridgehead atoms. The van der Waals surface area contributed by atoms with Gasteiger partial charge in [0.05, 0.1) is 4.90 Å². The number of hydrogen-bond acceptors (Lipinski definition) is 4. The standard InChI is InChI=1S/C20H31N3O3S.ClH/c1-16(24)23-14-6-7-17-10-11-19(15-20(17)23)27(25,26)22-13-12-21-18-8-4-2-3-5-9-18;/h10-11,15,18,21-22H,2-9,12-14H2,1H3;1H. The summed E-state index contributed by atoms with van der Waals surface area (Å²) in [5, 5.41) is 3.48. The van der Waals surface area contributed by atoms with Gasteiger partial charge in [-0.2, -0.15) is 0 Å². The van der Waals surface area contributed by atoms with Crippen molar-refractivity contribution in [2.45, 2.75) is 69.2 Å². The van der Waals surface area contributed by atoms with E-state index in [1.807, 2.05) is 6.07 Å². The monoisotopic (exact) mass is 429 g/mol. The lowest BCUT2D eigenvalue weighted by Crippen LogP contribution is -2.37. The molecule has 28 heavy (non-hydrogen) atoms. The molecule has 0 saturated heterocycles. The molecule has 158 valence electrons. The smallest absolute Gasteiger partial charge is 0.240 e. The number of fused-ring (bicyclic) bond motifs is 1. The SMILES string of the molecule is CC(=O)N1CCCc2ccc(S(=O)(=O)NCCNC3CCCCCC3)cc21.Cl. The van der Waals surface area contributed by atoms with Crippen molar-refractivity contribution in [1.82, 2.24) is 10.0 Å². The van der Waals surface area contributed by atoms with Crippen LogP contribution in [0.4, 0.5) is 5.69 Å². The summed E-state index contributed by atoms with van der Waals surface area (Å²) in [6.07, 6.45) is 9.26. The second kappa shape index (κ2) is 10.6. The minimum atomic E-state index is -3.58. The van der Waals surface area contributed by atoms with E-state index in [2.05, 4.69) is 10.0 Å². The summed E-state index contributed by atoms with van der Waals surface area (Å²) in [6.45, 7) is 3.17. The summed E-state index contributed by atoms with van der Waals surface area (Å²) in [4.78, 5) is 13.8. The number of carbonyl (C=O) groups excluding carboxylic acids is 1. The third kappa shape index (κ3) is 5.92. The van der Waals surface area contributed by atoms with E-state index in [1.54, 1.807) is 17.0 Å². The third-order valence-electron chi connectivity index (χ3n) is 5.57. The van der Waals surface area contributed by atoms with Crippen molar-refractivity contribution in [2.75, 3.05) is 24.5 Å². The predicted octanol–water partition coefficient (Wildman–Crippen LogP) is 3.00. The van der Waals surface area contributed by atoms with Gasteiger partial charge < -0.3 is 10.2 Å². The van der Waals surface area contributed by atoms with Gasteiger partial charge in [0.2, 0.25) is 15.9 Å². The first kappa shape index (κ1) is 23.1. The second-order valence-electron chi connectivity index (χ2n) is 7.61. The summed E-state index contributed by atoms with van der Waals surface area (Å²) < 4.78 is 28.0. The van der Waals surface area contributed by atoms with Crippen LogP contribution in [0.3, 0.4) is 0 Å². The molecule has 1 amide bonds. The highest BCUT2D eigenvalue weighted by Crippen LogP contribution is 2.29. The quantitative estimate of drug-likeness (QED) is 0.538. The predicted molar refractivity (Wildman–Crippen MR) is 115 cm³/mol. The molecule has 1 aliphatic carbocycles. The van der Waals surface area contributed by atoms with Crippen molar-refractivity contribution in [1.29, 1.82) is 0 Å². The Morgan fingerprint density at radius 1 is 1.11 bits per heavy atom. The van der Waals surface area contributed by atoms with Crippen LogP contribution in [0, 0.1) is 0 Å². The topological polar surface area (TPSA) is 78.5 Å². The molecule has 0 aromatic heterocycles. The zero-order valence-electron chi connectivity index (χ0n) is 16.6. The number of nitrogens with one attached hydrogen (secondary N) is 2. The Kier molecular flexibility index (Phi) is 8.74. The van der Waals surface area contributed by atoms with Crippen LogP contribution in [0.25, 0.3) is 0 Å². The second-order valence-corrected chi connectivity index (χ2v) is 9.37. The Labute approximate surface area is 174 Å². The Balaban J connectivity index is 0.00000280. The molecular weight excluding hydrogens is 398 g/mol. The first-order valence-electron chi connectivity index (χ1n) is 10.1. The summed E-state index contributed by atoms with van der Waals surface area (Å²) in [6, 6.07) is 5.62. The van der Waals surface area contributed by atoms with Crippen LogP contribution in [0.2, 0.25) is 0 Å². The molecule has 1 fully saturated rings. The molecule has 6 nitrogen and oxygen atoms in total. The number of amides is 1. The molecule has 0 unspecified atom stereocenters. The highest BCUT2D eigenvalue weighted by atomic mass is 35.5. The van der Waals surface area contributed by atoms with Crippen molar-refractivity contribution >= 4 is 34.0 Å². The highest BCUT2D eigenvalue weighted by molar-refractivity contribution is 7.89. The lowest BCUT2D eigenvalue weighted by Gasteiger charge is -2.29. The fourth-order valence-corrected chi connectivity index (χ4v) is 5.13. The van der Waals surface area contributed by atoms with Crippen molar-refractivity contribution in [3.05, 3.63) is 23.8 Å².